The van der Waals surface area contributed by atoms with Gasteiger partial charge in [0.2, 0.25) is 5.91 Å². The normalized spacial score (nSPS) is 17.9. The molecule has 1 aliphatic rings. The number of hydrogen-bond acceptors (Lipinski definition) is 4. The van der Waals surface area contributed by atoms with Gasteiger partial charge in [0.25, 0.3) is 0 Å². The molecule has 0 aromatic heterocycles. The molecule has 0 atom stereocenters. The van der Waals surface area contributed by atoms with Gasteiger partial charge in [0.05, 0.1) is 12.0 Å². The molecule has 0 heterocycles. The smallest absolute Gasteiger partial charge is 0.230 e. The maximum atomic E-state index is 12.9. The van der Waals surface area contributed by atoms with Gasteiger partial charge in [0.1, 0.15) is 0 Å². The highest BCUT2D eigenvalue weighted by Gasteiger charge is 2.40. The molecule has 5 nitrogen and oxygen atoms in total. The third kappa shape index (κ3) is 4.72. The second-order valence-corrected chi connectivity index (χ2v) is 5.68. The first-order chi connectivity index (χ1) is 9.70. The molecule has 0 saturated heterocycles. The molecular weight excluding hydrogens is 256 g/mol. The Morgan fingerprint density at radius 1 is 1.10 bits per heavy atom. The van der Waals surface area contributed by atoms with E-state index >= 15 is 0 Å². The first-order valence-corrected chi connectivity index (χ1v) is 7.67. The van der Waals surface area contributed by atoms with Gasteiger partial charge in [-0.05, 0) is 19.3 Å². The Labute approximate surface area is 122 Å². The van der Waals surface area contributed by atoms with Gasteiger partial charge in [0.15, 0.2) is 0 Å². The monoisotopic (exact) mass is 286 g/mol. The zero-order valence-electron chi connectivity index (χ0n) is 13.0. The van der Waals surface area contributed by atoms with Crippen LogP contribution in [0.25, 0.3) is 0 Å². The van der Waals surface area contributed by atoms with Crippen molar-refractivity contribution in [1.82, 2.24) is 4.90 Å². The quantitative estimate of drug-likeness (QED) is 0.651. The number of ether oxygens (including phenoxy) is 2. The van der Waals surface area contributed by atoms with Crippen LogP contribution >= 0.6 is 0 Å². The molecule has 1 saturated carbocycles. The molecule has 1 rings (SSSR count). The van der Waals surface area contributed by atoms with Gasteiger partial charge in [-0.25, -0.2) is 0 Å². The van der Waals surface area contributed by atoms with Crippen LogP contribution in [-0.4, -0.2) is 57.9 Å². The number of carbonyl (C=O) groups is 1. The molecule has 0 unspecified atom stereocenters. The predicted octanol–water partition coefficient (Wildman–Crippen LogP) is 1.41. The third-order valence-electron chi connectivity index (χ3n) is 4.28. The number of amides is 1. The van der Waals surface area contributed by atoms with Crippen molar-refractivity contribution in [2.24, 2.45) is 11.1 Å². The molecule has 1 amide bonds. The van der Waals surface area contributed by atoms with Crippen LogP contribution in [-0.2, 0) is 14.3 Å². The number of methoxy groups -OCH3 is 2. The molecule has 20 heavy (non-hydrogen) atoms. The maximum absolute atomic E-state index is 12.9. The fourth-order valence-corrected chi connectivity index (χ4v) is 2.99. The van der Waals surface area contributed by atoms with Crippen LogP contribution in [0.4, 0.5) is 0 Å². The number of rotatable bonds is 9. The topological polar surface area (TPSA) is 64.8 Å². The summed E-state index contributed by atoms with van der Waals surface area (Å²) in [5, 5.41) is 0. The standard InChI is InChI=1S/C15H30N2O3/c1-19-11-6-9-17(10-12-20-2)14(18)15(13-16)7-4-3-5-8-15/h3-13,16H2,1-2H3. The maximum Gasteiger partial charge on any atom is 0.230 e. The fourth-order valence-electron chi connectivity index (χ4n) is 2.99. The summed E-state index contributed by atoms with van der Waals surface area (Å²) in [5.41, 5.74) is 5.62. The number of nitrogens with zero attached hydrogens (tertiary/aromatic N) is 1. The van der Waals surface area contributed by atoms with E-state index in [0.29, 0.717) is 26.3 Å². The van der Waals surface area contributed by atoms with Crippen LogP contribution in [0.5, 0.6) is 0 Å². The van der Waals surface area contributed by atoms with Gasteiger partial charge in [-0.15, -0.1) is 0 Å². The van der Waals surface area contributed by atoms with Crippen LogP contribution in [0.15, 0.2) is 0 Å². The van der Waals surface area contributed by atoms with E-state index in [1.165, 1.54) is 6.42 Å². The first-order valence-electron chi connectivity index (χ1n) is 7.67. The van der Waals surface area contributed by atoms with E-state index in [4.69, 9.17) is 15.2 Å². The SMILES string of the molecule is COCCCN(CCOC)C(=O)C1(CN)CCCCC1. The second-order valence-electron chi connectivity index (χ2n) is 5.68. The van der Waals surface area contributed by atoms with Crippen molar-refractivity contribution >= 4 is 5.91 Å². The molecule has 0 spiro atoms. The summed E-state index contributed by atoms with van der Waals surface area (Å²) < 4.78 is 10.2. The van der Waals surface area contributed by atoms with Gasteiger partial charge >= 0.3 is 0 Å². The highest BCUT2D eigenvalue weighted by Crippen LogP contribution is 2.37. The van der Waals surface area contributed by atoms with E-state index in [9.17, 15) is 4.79 Å². The Balaban J connectivity index is 2.67. The van der Waals surface area contributed by atoms with Gasteiger partial charge in [-0.3, -0.25) is 4.79 Å². The van der Waals surface area contributed by atoms with E-state index in [0.717, 1.165) is 38.6 Å². The Morgan fingerprint density at radius 3 is 2.30 bits per heavy atom. The summed E-state index contributed by atoms with van der Waals surface area (Å²) in [5.74, 6) is 0.216. The molecule has 0 radical (unpaired) electrons. The van der Waals surface area contributed by atoms with E-state index in [1.54, 1.807) is 14.2 Å². The lowest BCUT2D eigenvalue weighted by Gasteiger charge is -2.39. The van der Waals surface area contributed by atoms with Crippen LogP contribution < -0.4 is 5.73 Å². The molecule has 0 bridgehead atoms. The van der Waals surface area contributed by atoms with Gasteiger partial charge in [-0.1, -0.05) is 19.3 Å². The van der Waals surface area contributed by atoms with Gasteiger partial charge < -0.3 is 20.1 Å². The van der Waals surface area contributed by atoms with E-state index in [2.05, 4.69) is 0 Å². The first kappa shape index (κ1) is 17.4. The summed E-state index contributed by atoms with van der Waals surface area (Å²) in [6, 6.07) is 0. The molecule has 1 fully saturated rings. The third-order valence-corrected chi connectivity index (χ3v) is 4.28. The lowest BCUT2D eigenvalue weighted by molar-refractivity contribution is -0.144. The lowest BCUT2D eigenvalue weighted by atomic mass is 9.73. The molecule has 2 N–H and O–H groups in total. The average Bonchev–Trinajstić information content (AvgIpc) is 2.50. The summed E-state index contributed by atoms with van der Waals surface area (Å²) in [6.07, 6.45) is 6.15. The molecule has 1 aliphatic carbocycles. The van der Waals surface area contributed by atoms with Crippen molar-refractivity contribution in [2.45, 2.75) is 38.5 Å². The second kappa shape index (κ2) is 9.32. The Morgan fingerprint density at radius 2 is 1.75 bits per heavy atom. The fraction of sp³-hybridized carbons (Fsp3) is 0.933. The summed E-state index contributed by atoms with van der Waals surface area (Å²) in [4.78, 5) is 14.8. The Bertz CT molecular complexity index is 278. The number of hydrogen-bond donors (Lipinski definition) is 1. The predicted molar refractivity (Wildman–Crippen MR) is 79.5 cm³/mol. The van der Waals surface area contributed by atoms with Crippen LogP contribution in [0.1, 0.15) is 38.5 Å². The minimum Gasteiger partial charge on any atom is -0.385 e. The van der Waals surface area contributed by atoms with E-state index < -0.39 is 0 Å². The minimum absolute atomic E-state index is 0.216. The van der Waals surface area contributed by atoms with E-state index in [-0.39, 0.29) is 11.3 Å². The highest BCUT2D eigenvalue weighted by molar-refractivity contribution is 5.83. The Kier molecular flexibility index (Phi) is 8.11. The van der Waals surface area contributed by atoms with Crippen LogP contribution in [0.2, 0.25) is 0 Å². The minimum atomic E-state index is -0.334. The van der Waals surface area contributed by atoms with Crippen LogP contribution in [0.3, 0.4) is 0 Å². The van der Waals surface area contributed by atoms with Gasteiger partial charge in [0, 0.05) is 40.5 Å². The van der Waals surface area contributed by atoms with Crippen molar-refractivity contribution < 1.29 is 14.3 Å². The molecule has 0 aliphatic heterocycles. The van der Waals surface area contributed by atoms with Crippen molar-refractivity contribution in [3.63, 3.8) is 0 Å². The summed E-state index contributed by atoms with van der Waals surface area (Å²) in [7, 11) is 3.35. The van der Waals surface area contributed by atoms with Crippen molar-refractivity contribution in [1.29, 1.82) is 0 Å². The van der Waals surface area contributed by atoms with Crippen LogP contribution in [0, 0.1) is 5.41 Å². The van der Waals surface area contributed by atoms with Gasteiger partial charge in [-0.2, -0.15) is 0 Å². The summed E-state index contributed by atoms with van der Waals surface area (Å²) >= 11 is 0. The van der Waals surface area contributed by atoms with Crippen molar-refractivity contribution in [3.8, 4) is 0 Å². The van der Waals surface area contributed by atoms with Crippen molar-refractivity contribution in [2.75, 3.05) is 47.1 Å². The Hall–Kier alpha value is -0.650. The van der Waals surface area contributed by atoms with Crippen molar-refractivity contribution in [3.05, 3.63) is 0 Å². The zero-order chi connectivity index (χ0) is 14.8. The van der Waals surface area contributed by atoms with E-state index in [1.807, 2.05) is 4.90 Å². The lowest BCUT2D eigenvalue weighted by Crippen LogP contribution is -2.50. The average molecular weight is 286 g/mol. The largest absolute Gasteiger partial charge is 0.385 e. The molecule has 5 heteroatoms. The number of nitrogens with two attached hydrogens (primary N) is 1. The highest BCUT2D eigenvalue weighted by atomic mass is 16.5. The zero-order valence-corrected chi connectivity index (χ0v) is 13.0. The molecule has 0 aromatic rings. The molecular formula is C15H30N2O3. The summed E-state index contributed by atoms with van der Waals surface area (Å²) in [6.45, 7) is 3.06. The number of carbonyl (C=O) groups excluding carboxylic acids is 1. The molecule has 118 valence electrons. The molecule has 0 aromatic carbocycles.